The molecule has 5 nitrogen and oxygen atoms in total. The topological polar surface area (TPSA) is 68.2 Å². The van der Waals surface area contributed by atoms with Crippen molar-refractivity contribution < 1.29 is 22.6 Å². The van der Waals surface area contributed by atoms with Crippen LogP contribution in [-0.4, -0.2) is 26.2 Å². The minimum absolute atomic E-state index is 0.00301. The summed E-state index contributed by atoms with van der Waals surface area (Å²) >= 11 is 12.2. The molecular formula is C23H18Cl2F2N2O3S. The zero-order valence-electron chi connectivity index (χ0n) is 17.4. The van der Waals surface area contributed by atoms with Gasteiger partial charge in [0.2, 0.25) is 5.78 Å². The molecule has 1 unspecified atom stereocenters. The van der Waals surface area contributed by atoms with Crippen molar-refractivity contribution >= 4 is 64.7 Å². The van der Waals surface area contributed by atoms with Gasteiger partial charge in [0, 0.05) is 28.1 Å². The number of carbonyl (C=O) groups excluding carboxylic acids is 2. The van der Waals surface area contributed by atoms with Crippen LogP contribution in [0.5, 0.6) is 0 Å². The van der Waals surface area contributed by atoms with E-state index in [1.807, 2.05) is 0 Å². The van der Waals surface area contributed by atoms with E-state index in [2.05, 4.69) is 17.9 Å². The third kappa shape index (κ3) is 4.78. The summed E-state index contributed by atoms with van der Waals surface area (Å²) in [6.45, 7) is 9.27. The Bertz CT molecular complexity index is 1390. The second kappa shape index (κ2) is 9.99. The second-order valence-corrected chi connectivity index (χ2v) is 9.12. The first-order valence-corrected chi connectivity index (χ1v) is 11.7. The fourth-order valence-electron chi connectivity index (χ4n) is 3.12. The average molecular weight is 511 g/mol. The first-order valence-electron chi connectivity index (χ1n) is 9.64. The largest absolute Gasteiger partial charge is 0.302 e. The summed E-state index contributed by atoms with van der Waals surface area (Å²) in [5.41, 5.74) is -1.42. The number of carbonyl (C=O) groups is 2. The van der Waals surface area contributed by atoms with Crippen molar-refractivity contribution in [2.24, 2.45) is 0 Å². The van der Waals surface area contributed by atoms with Gasteiger partial charge in [0.25, 0.3) is 5.91 Å². The van der Waals surface area contributed by atoms with Gasteiger partial charge in [0.05, 0.1) is 26.9 Å². The van der Waals surface area contributed by atoms with Crippen LogP contribution >= 0.6 is 23.2 Å². The number of nitrogens with one attached hydrogen (secondary N) is 1. The molecule has 1 heterocycles. The lowest BCUT2D eigenvalue weighted by molar-refractivity contribution is 0.0957. The van der Waals surface area contributed by atoms with Crippen LogP contribution in [0.25, 0.3) is 13.2 Å². The Morgan fingerprint density at radius 3 is 2.33 bits per heavy atom. The third-order valence-electron chi connectivity index (χ3n) is 4.79. The highest BCUT2D eigenvalue weighted by atomic mass is 35.5. The standard InChI is InChI=1S/C23H18Cl2F2N2O3S/c1-4-10-33(32)28-18-9-8-17(26)20(21(18)27)22(30)14-11-29(13(3)12(14)2)23(31)19-15(24)6-5-7-16(19)25/h5-9,11,28H,2-4,10H2,1H3. The summed E-state index contributed by atoms with van der Waals surface area (Å²) < 4.78 is 44.9. The maximum atomic E-state index is 15.0. The highest BCUT2D eigenvalue weighted by Crippen LogP contribution is 2.26. The molecule has 3 rings (SSSR count). The molecule has 0 aliphatic rings. The Kier molecular flexibility index (Phi) is 7.51. The van der Waals surface area contributed by atoms with Gasteiger partial charge in [-0.3, -0.25) is 14.2 Å². The van der Waals surface area contributed by atoms with E-state index in [-0.39, 0.29) is 43.2 Å². The number of nitrogens with zero attached hydrogens (tertiary/aromatic N) is 1. The number of rotatable bonds is 7. The molecule has 1 aromatic heterocycles. The fraction of sp³-hybridized carbons (Fsp3) is 0.130. The highest BCUT2D eigenvalue weighted by molar-refractivity contribution is 7.86. The molecule has 0 aliphatic heterocycles. The molecule has 33 heavy (non-hydrogen) atoms. The van der Waals surface area contributed by atoms with Crippen molar-refractivity contribution in [1.82, 2.24) is 4.57 Å². The van der Waals surface area contributed by atoms with Gasteiger partial charge in [0.15, 0.2) is 5.82 Å². The lowest BCUT2D eigenvalue weighted by atomic mass is 10.0. The third-order valence-corrected chi connectivity index (χ3v) is 6.65. The molecule has 10 heteroatoms. The number of ketones is 1. The Morgan fingerprint density at radius 2 is 1.73 bits per heavy atom. The van der Waals surface area contributed by atoms with Crippen LogP contribution in [0, 0.1) is 11.6 Å². The Hall–Kier alpha value is -2.81. The average Bonchev–Trinajstić information content (AvgIpc) is 3.05. The quantitative estimate of drug-likeness (QED) is 0.482. The van der Waals surface area contributed by atoms with E-state index in [1.165, 1.54) is 12.1 Å². The normalized spacial score (nSPS) is 11.9. The molecule has 2 aromatic carbocycles. The van der Waals surface area contributed by atoms with E-state index >= 15 is 4.39 Å². The summed E-state index contributed by atoms with van der Waals surface area (Å²) in [7, 11) is -1.61. The number of hydrogen-bond donors (Lipinski definition) is 1. The lowest BCUT2D eigenvalue weighted by Crippen LogP contribution is -2.32. The van der Waals surface area contributed by atoms with Gasteiger partial charge in [-0.05, 0) is 30.7 Å². The molecule has 0 spiro atoms. The van der Waals surface area contributed by atoms with Crippen LogP contribution in [0.15, 0.2) is 36.5 Å². The Labute approximate surface area is 200 Å². The number of aromatic nitrogens is 1. The van der Waals surface area contributed by atoms with Crippen LogP contribution in [0.3, 0.4) is 0 Å². The van der Waals surface area contributed by atoms with Gasteiger partial charge in [-0.1, -0.05) is 49.3 Å². The van der Waals surface area contributed by atoms with Gasteiger partial charge in [-0.25, -0.2) is 13.0 Å². The van der Waals surface area contributed by atoms with Crippen LogP contribution in [0.2, 0.25) is 10.0 Å². The molecule has 172 valence electrons. The molecule has 0 radical (unpaired) electrons. The maximum absolute atomic E-state index is 15.0. The van der Waals surface area contributed by atoms with Gasteiger partial charge >= 0.3 is 0 Å². The number of hydrogen-bond acceptors (Lipinski definition) is 3. The van der Waals surface area contributed by atoms with E-state index in [9.17, 15) is 18.2 Å². The van der Waals surface area contributed by atoms with Crippen molar-refractivity contribution in [2.45, 2.75) is 13.3 Å². The van der Waals surface area contributed by atoms with E-state index in [1.54, 1.807) is 13.0 Å². The molecule has 0 aliphatic carbocycles. The molecule has 0 fully saturated rings. The first kappa shape index (κ1) is 24.8. The molecule has 1 atom stereocenters. The summed E-state index contributed by atoms with van der Waals surface area (Å²) in [5.74, 6) is -3.83. The van der Waals surface area contributed by atoms with E-state index < -0.39 is 39.9 Å². The number of anilines is 1. The van der Waals surface area contributed by atoms with Gasteiger partial charge in [-0.2, -0.15) is 0 Å². The SMILES string of the molecule is C=c1c(C(=O)c2c(F)ccc(NS(=O)CCC)c2F)cn(C(=O)c2c(Cl)cccc2Cl)c1=C. The van der Waals surface area contributed by atoms with Crippen molar-refractivity contribution in [2.75, 3.05) is 10.5 Å². The zero-order chi connectivity index (χ0) is 24.4. The van der Waals surface area contributed by atoms with Crippen molar-refractivity contribution in [3.05, 3.63) is 85.5 Å². The Balaban J connectivity index is 2.08. The summed E-state index contributed by atoms with van der Waals surface area (Å²) in [6, 6.07) is 6.44. The van der Waals surface area contributed by atoms with E-state index in [0.717, 1.165) is 22.9 Å². The molecule has 0 amide bonds. The monoisotopic (exact) mass is 510 g/mol. The van der Waals surface area contributed by atoms with Crippen molar-refractivity contribution in [3.63, 3.8) is 0 Å². The number of benzene rings is 2. The Morgan fingerprint density at radius 1 is 1.09 bits per heavy atom. The van der Waals surface area contributed by atoms with Crippen LogP contribution in [0.1, 0.15) is 39.6 Å². The molecule has 3 aromatic rings. The van der Waals surface area contributed by atoms with Gasteiger partial charge < -0.3 is 4.72 Å². The summed E-state index contributed by atoms with van der Waals surface area (Å²) in [6.07, 6.45) is 1.66. The molecule has 0 saturated carbocycles. The van der Waals surface area contributed by atoms with Crippen molar-refractivity contribution in [3.8, 4) is 0 Å². The van der Waals surface area contributed by atoms with Gasteiger partial charge in [-0.15, -0.1) is 0 Å². The predicted molar refractivity (Wildman–Crippen MR) is 128 cm³/mol. The summed E-state index contributed by atoms with van der Waals surface area (Å²) in [5, 5.41) is 0.187. The predicted octanol–water partition coefficient (Wildman–Crippen LogP) is 4.30. The molecule has 0 saturated heterocycles. The molecule has 0 bridgehead atoms. The van der Waals surface area contributed by atoms with Crippen LogP contribution < -0.4 is 15.3 Å². The minimum Gasteiger partial charge on any atom is -0.302 e. The maximum Gasteiger partial charge on any atom is 0.265 e. The number of halogens is 4. The minimum atomic E-state index is -1.61. The molecular weight excluding hydrogens is 493 g/mol. The second-order valence-electron chi connectivity index (χ2n) is 7.00. The first-order chi connectivity index (χ1) is 15.6. The van der Waals surface area contributed by atoms with E-state index in [4.69, 9.17) is 23.2 Å². The highest BCUT2D eigenvalue weighted by Gasteiger charge is 2.26. The molecule has 1 N–H and O–H groups in total. The van der Waals surface area contributed by atoms with Gasteiger partial charge in [0.1, 0.15) is 16.8 Å². The van der Waals surface area contributed by atoms with E-state index in [0.29, 0.717) is 6.42 Å². The smallest absolute Gasteiger partial charge is 0.265 e. The van der Waals surface area contributed by atoms with Crippen LogP contribution in [0.4, 0.5) is 14.5 Å². The summed E-state index contributed by atoms with van der Waals surface area (Å²) in [4.78, 5) is 26.1. The fourth-order valence-corrected chi connectivity index (χ4v) is 4.55. The van der Waals surface area contributed by atoms with Crippen molar-refractivity contribution in [1.29, 1.82) is 0 Å². The zero-order valence-corrected chi connectivity index (χ0v) is 19.7. The van der Waals surface area contributed by atoms with Crippen LogP contribution in [-0.2, 0) is 11.0 Å². The lowest BCUT2D eigenvalue weighted by Gasteiger charge is -2.10.